The standard InChI is InChI=1S/C25H29BrF3N3O4/c1-14(19-11-18(26)8-9-21(19)35-2)32-22-20(25(27,28)29)10-17(13-30-22)23(33)31-12-15-4-6-16(7-5-15)24(34)36-3/h8-11,13-16H,4-7,12H2,1-3H3,(H,30,32)(H,31,33)/t14-,15?,16?/m0/s1. The van der Waals surface area contributed by atoms with Gasteiger partial charge in [-0.1, -0.05) is 15.9 Å². The number of anilines is 1. The highest BCUT2D eigenvalue weighted by atomic mass is 79.9. The molecule has 0 radical (unpaired) electrons. The summed E-state index contributed by atoms with van der Waals surface area (Å²) in [5.41, 5.74) is -0.566. The molecular formula is C25H29BrF3N3O4. The minimum Gasteiger partial charge on any atom is -0.496 e. The molecule has 1 atom stereocenters. The molecule has 2 aromatic rings. The van der Waals surface area contributed by atoms with Crippen LogP contribution in [0.3, 0.4) is 0 Å². The van der Waals surface area contributed by atoms with Crippen molar-refractivity contribution in [2.24, 2.45) is 11.8 Å². The number of hydrogen-bond acceptors (Lipinski definition) is 6. The summed E-state index contributed by atoms with van der Waals surface area (Å²) in [6.45, 7) is 2.01. The summed E-state index contributed by atoms with van der Waals surface area (Å²) >= 11 is 3.36. The molecule has 1 aromatic heterocycles. The summed E-state index contributed by atoms with van der Waals surface area (Å²) in [6.07, 6.45) is -0.814. The second-order valence-electron chi connectivity index (χ2n) is 8.82. The summed E-state index contributed by atoms with van der Waals surface area (Å²) in [7, 11) is 2.84. The van der Waals surface area contributed by atoms with Crippen LogP contribution in [0.5, 0.6) is 5.75 Å². The zero-order valence-electron chi connectivity index (χ0n) is 20.2. The Morgan fingerprint density at radius 2 is 1.86 bits per heavy atom. The van der Waals surface area contributed by atoms with Gasteiger partial charge in [-0.05, 0) is 62.8 Å². The summed E-state index contributed by atoms with van der Waals surface area (Å²) in [4.78, 5) is 28.2. The lowest BCUT2D eigenvalue weighted by Gasteiger charge is -2.27. The maximum atomic E-state index is 13.9. The third-order valence-corrected chi connectivity index (χ3v) is 6.89. The number of esters is 1. The summed E-state index contributed by atoms with van der Waals surface area (Å²) in [5.74, 6) is -0.717. The van der Waals surface area contributed by atoms with Crippen molar-refractivity contribution in [1.29, 1.82) is 0 Å². The quantitative estimate of drug-likeness (QED) is 0.392. The van der Waals surface area contributed by atoms with Gasteiger partial charge in [0.25, 0.3) is 5.91 Å². The van der Waals surface area contributed by atoms with Crippen LogP contribution in [-0.2, 0) is 15.7 Å². The molecule has 0 unspecified atom stereocenters. The van der Waals surface area contributed by atoms with Crippen molar-refractivity contribution in [1.82, 2.24) is 10.3 Å². The Hall–Kier alpha value is -2.82. The van der Waals surface area contributed by atoms with E-state index in [-0.39, 0.29) is 29.2 Å². The van der Waals surface area contributed by atoms with E-state index < -0.39 is 23.7 Å². The first-order valence-electron chi connectivity index (χ1n) is 11.6. The van der Waals surface area contributed by atoms with Crippen LogP contribution in [0.25, 0.3) is 0 Å². The largest absolute Gasteiger partial charge is 0.496 e. The number of nitrogens with one attached hydrogen (secondary N) is 2. The van der Waals surface area contributed by atoms with E-state index in [4.69, 9.17) is 9.47 Å². The minimum absolute atomic E-state index is 0.139. The van der Waals surface area contributed by atoms with Crippen LogP contribution in [0.4, 0.5) is 19.0 Å². The Kier molecular flexibility index (Phi) is 9.21. The number of amides is 1. The molecule has 1 amide bonds. The molecule has 11 heteroatoms. The third kappa shape index (κ3) is 6.89. The smallest absolute Gasteiger partial charge is 0.419 e. The maximum Gasteiger partial charge on any atom is 0.419 e. The van der Waals surface area contributed by atoms with Gasteiger partial charge in [-0.3, -0.25) is 9.59 Å². The summed E-state index contributed by atoms with van der Waals surface area (Å²) < 4.78 is 52.5. The number of methoxy groups -OCH3 is 2. The second kappa shape index (κ2) is 11.9. The molecule has 1 aromatic carbocycles. The molecule has 3 rings (SSSR count). The first kappa shape index (κ1) is 27.8. The van der Waals surface area contributed by atoms with Gasteiger partial charge in [-0.15, -0.1) is 0 Å². The predicted molar refractivity (Wildman–Crippen MR) is 132 cm³/mol. The molecular weight excluding hydrogens is 543 g/mol. The number of rotatable bonds is 8. The van der Waals surface area contributed by atoms with Gasteiger partial charge < -0.3 is 20.1 Å². The maximum absolute atomic E-state index is 13.9. The van der Waals surface area contributed by atoms with Crippen LogP contribution in [-0.4, -0.2) is 37.6 Å². The molecule has 1 saturated carbocycles. The van der Waals surface area contributed by atoms with E-state index in [2.05, 4.69) is 31.5 Å². The SMILES string of the molecule is COC(=O)C1CCC(CNC(=O)c2cnc(N[C@@H](C)c3cc(Br)ccc3OC)c(C(F)(F)F)c2)CC1. The fraction of sp³-hybridized carbons (Fsp3) is 0.480. The van der Waals surface area contributed by atoms with E-state index in [1.54, 1.807) is 25.1 Å². The van der Waals surface area contributed by atoms with Crippen molar-refractivity contribution < 1.29 is 32.2 Å². The van der Waals surface area contributed by atoms with Gasteiger partial charge in [-0.2, -0.15) is 13.2 Å². The molecule has 0 saturated heterocycles. The lowest BCUT2D eigenvalue weighted by molar-refractivity contribution is -0.146. The van der Waals surface area contributed by atoms with Gasteiger partial charge >= 0.3 is 12.1 Å². The summed E-state index contributed by atoms with van der Waals surface area (Å²) in [6, 6.07) is 5.48. The zero-order chi connectivity index (χ0) is 26.5. The van der Waals surface area contributed by atoms with E-state index in [1.165, 1.54) is 14.2 Å². The monoisotopic (exact) mass is 571 g/mol. The first-order chi connectivity index (χ1) is 17.0. The average molecular weight is 572 g/mol. The van der Waals surface area contributed by atoms with Crippen molar-refractivity contribution in [3.63, 3.8) is 0 Å². The molecule has 36 heavy (non-hydrogen) atoms. The van der Waals surface area contributed by atoms with Crippen LogP contribution >= 0.6 is 15.9 Å². The second-order valence-corrected chi connectivity index (χ2v) is 9.74. The first-order valence-corrected chi connectivity index (χ1v) is 12.4. The molecule has 0 aliphatic heterocycles. The van der Waals surface area contributed by atoms with Crippen molar-refractivity contribution in [2.75, 3.05) is 26.1 Å². The number of carbonyl (C=O) groups excluding carboxylic acids is 2. The Balaban J connectivity index is 1.70. The van der Waals surface area contributed by atoms with Crippen LogP contribution in [0, 0.1) is 11.8 Å². The molecule has 2 N–H and O–H groups in total. The minimum atomic E-state index is -4.72. The van der Waals surface area contributed by atoms with Crippen molar-refractivity contribution in [3.05, 3.63) is 51.6 Å². The molecule has 196 valence electrons. The van der Waals surface area contributed by atoms with Crippen molar-refractivity contribution in [2.45, 2.75) is 44.8 Å². The Labute approximate surface area is 216 Å². The molecule has 1 fully saturated rings. The summed E-state index contributed by atoms with van der Waals surface area (Å²) in [5, 5.41) is 5.51. The van der Waals surface area contributed by atoms with E-state index in [0.717, 1.165) is 29.6 Å². The van der Waals surface area contributed by atoms with E-state index in [0.29, 0.717) is 30.7 Å². The van der Waals surface area contributed by atoms with E-state index in [1.807, 2.05) is 0 Å². The number of ether oxygens (including phenoxy) is 2. The van der Waals surface area contributed by atoms with Crippen molar-refractivity contribution >= 4 is 33.6 Å². The van der Waals surface area contributed by atoms with Gasteiger partial charge in [0.1, 0.15) is 11.6 Å². The zero-order valence-corrected chi connectivity index (χ0v) is 21.8. The normalized spacial score (nSPS) is 18.8. The number of halogens is 4. The molecule has 1 heterocycles. The van der Waals surface area contributed by atoms with E-state index >= 15 is 0 Å². The Morgan fingerprint density at radius 3 is 2.47 bits per heavy atom. The molecule has 0 spiro atoms. The van der Waals surface area contributed by atoms with Gasteiger partial charge in [0.2, 0.25) is 0 Å². The number of carbonyl (C=O) groups is 2. The Morgan fingerprint density at radius 1 is 1.17 bits per heavy atom. The van der Waals surface area contributed by atoms with Crippen LogP contribution in [0.2, 0.25) is 0 Å². The highest BCUT2D eigenvalue weighted by Crippen LogP contribution is 2.37. The fourth-order valence-corrected chi connectivity index (χ4v) is 4.73. The highest BCUT2D eigenvalue weighted by Gasteiger charge is 2.36. The predicted octanol–water partition coefficient (Wildman–Crippen LogP) is 5.75. The molecule has 1 aliphatic rings. The lowest BCUT2D eigenvalue weighted by Crippen LogP contribution is -2.33. The number of pyridine rings is 1. The van der Waals surface area contributed by atoms with Gasteiger partial charge in [-0.25, -0.2) is 4.98 Å². The van der Waals surface area contributed by atoms with Crippen LogP contribution in [0.1, 0.15) is 60.1 Å². The number of nitrogens with zero attached hydrogens (tertiary/aromatic N) is 1. The van der Waals surface area contributed by atoms with Gasteiger partial charge in [0, 0.05) is 22.8 Å². The van der Waals surface area contributed by atoms with Gasteiger partial charge in [0.15, 0.2) is 0 Å². The molecule has 1 aliphatic carbocycles. The molecule has 7 nitrogen and oxygen atoms in total. The highest BCUT2D eigenvalue weighted by molar-refractivity contribution is 9.10. The van der Waals surface area contributed by atoms with Crippen LogP contribution in [0.15, 0.2) is 34.9 Å². The topological polar surface area (TPSA) is 89.5 Å². The average Bonchev–Trinajstić information content (AvgIpc) is 2.86. The number of benzene rings is 1. The van der Waals surface area contributed by atoms with Crippen LogP contribution < -0.4 is 15.4 Å². The number of alkyl halides is 3. The Bertz CT molecular complexity index is 1090. The van der Waals surface area contributed by atoms with Gasteiger partial charge in [0.05, 0.1) is 37.3 Å². The van der Waals surface area contributed by atoms with Crippen molar-refractivity contribution in [3.8, 4) is 5.75 Å². The number of aromatic nitrogens is 1. The third-order valence-electron chi connectivity index (χ3n) is 6.40. The molecule has 0 bridgehead atoms. The lowest BCUT2D eigenvalue weighted by atomic mass is 9.82. The van der Waals surface area contributed by atoms with E-state index in [9.17, 15) is 22.8 Å². The number of hydrogen-bond donors (Lipinski definition) is 2. The fourth-order valence-electron chi connectivity index (χ4n) is 4.35.